The number of carbonyl (C=O) groups is 1. The highest BCUT2D eigenvalue weighted by molar-refractivity contribution is 5.86. The number of carbonyl (C=O) groups excluding carboxylic acids is 1. The molecule has 1 aromatic rings. The lowest BCUT2D eigenvalue weighted by molar-refractivity contribution is -0.126. The Bertz CT molecular complexity index is 442. The standard InChI is InChI=1S/C18H28N2O.ClH/c1-18(19,16-12-3-2-4-13-16)17(21)20-14-8-7-11-15-9-5-6-10-15;/h2-4,12-13,15H,5-11,14,19H2,1H3,(H,20,21);1H. The van der Waals surface area contributed by atoms with Crippen molar-refractivity contribution in [1.82, 2.24) is 5.32 Å². The van der Waals surface area contributed by atoms with E-state index >= 15 is 0 Å². The van der Waals surface area contributed by atoms with Crippen LogP contribution in [-0.4, -0.2) is 12.5 Å². The third kappa shape index (κ3) is 5.29. The van der Waals surface area contributed by atoms with Gasteiger partial charge in [0.15, 0.2) is 0 Å². The summed E-state index contributed by atoms with van der Waals surface area (Å²) in [5, 5.41) is 2.98. The van der Waals surface area contributed by atoms with Crippen LogP contribution >= 0.6 is 12.4 Å². The number of nitrogens with one attached hydrogen (secondary N) is 1. The van der Waals surface area contributed by atoms with Gasteiger partial charge >= 0.3 is 0 Å². The molecule has 0 bridgehead atoms. The van der Waals surface area contributed by atoms with Crippen molar-refractivity contribution in [2.75, 3.05) is 6.54 Å². The molecule has 1 saturated carbocycles. The molecule has 0 saturated heterocycles. The lowest BCUT2D eigenvalue weighted by Gasteiger charge is -2.24. The van der Waals surface area contributed by atoms with Gasteiger partial charge in [0.2, 0.25) is 5.91 Å². The van der Waals surface area contributed by atoms with Gasteiger partial charge in [0.05, 0.1) is 0 Å². The zero-order valence-electron chi connectivity index (χ0n) is 13.5. The summed E-state index contributed by atoms with van der Waals surface area (Å²) in [6, 6.07) is 9.56. The van der Waals surface area contributed by atoms with E-state index in [2.05, 4.69) is 5.32 Å². The SMILES string of the molecule is CC(N)(C(=O)NCCCCC1CCCC1)c1ccccc1.Cl. The van der Waals surface area contributed by atoms with Gasteiger partial charge in [-0.15, -0.1) is 12.4 Å². The summed E-state index contributed by atoms with van der Waals surface area (Å²) in [5.74, 6) is 0.847. The quantitative estimate of drug-likeness (QED) is 0.750. The Morgan fingerprint density at radius 3 is 2.50 bits per heavy atom. The van der Waals surface area contributed by atoms with Crippen molar-refractivity contribution in [3.63, 3.8) is 0 Å². The number of unbranched alkanes of at least 4 members (excludes halogenated alkanes) is 1. The highest BCUT2D eigenvalue weighted by atomic mass is 35.5. The van der Waals surface area contributed by atoms with E-state index in [1.165, 1.54) is 38.5 Å². The lowest BCUT2D eigenvalue weighted by Crippen LogP contribution is -2.49. The molecule has 0 radical (unpaired) electrons. The van der Waals surface area contributed by atoms with Crippen LogP contribution in [0.2, 0.25) is 0 Å². The number of halogens is 1. The predicted molar refractivity (Wildman–Crippen MR) is 94.0 cm³/mol. The summed E-state index contributed by atoms with van der Waals surface area (Å²) in [4.78, 5) is 12.2. The molecule has 124 valence electrons. The average Bonchev–Trinajstić information content (AvgIpc) is 3.01. The maximum Gasteiger partial charge on any atom is 0.244 e. The van der Waals surface area contributed by atoms with Crippen LogP contribution in [-0.2, 0) is 10.3 Å². The first-order chi connectivity index (χ1) is 10.1. The summed E-state index contributed by atoms with van der Waals surface area (Å²) in [7, 11) is 0. The van der Waals surface area contributed by atoms with Crippen LogP contribution < -0.4 is 11.1 Å². The normalized spacial score (nSPS) is 17.5. The van der Waals surface area contributed by atoms with Crippen LogP contribution in [0.25, 0.3) is 0 Å². The molecule has 0 heterocycles. The van der Waals surface area contributed by atoms with Crippen LogP contribution in [0.1, 0.15) is 57.4 Å². The van der Waals surface area contributed by atoms with Crippen LogP contribution in [0.5, 0.6) is 0 Å². The van der Waals surface area contributed by atoms with E-state index in [4.69, 9.17) is 5.73 Å². The second kappa shape index (κ2) is 9.16. The maximum atomic E-state index is 12.2. The van der Waals surface area contributed by atoms with Gasteiger partial charge in [0.25, 0.3) is 0 Å². The highest BCUT2D eigenvalue weighted by Crippen LogP contribution is 2.28. The first kappa shape index (κ1) is 19.0. The van der Waals surface area contributed by atoms with Gasteiger partial charge in [0.1, 0.15) is 5.54 Å². The number of rotatable bonds is 7. The summed E-state index contributed by atoms with van der Waals surface area (Å²) in [5.41, 5.74) is 6.09. The minimum atomic E-state index is -0.952. The fourth-order valence-corrected chi connectivity index (χ4v) is 3.16. The minimum Gasteiger partial charge on any atom is -0.354 e. The summed E-state index contributed by atoms with van der Waals surface area (Å²) < 4.78 is 0. The molecular weight excluding hydrogens is 296 g/mol. The third-order valence-corrected chi connectivity index (χ3v) is 4.64. The van der Waals surface area contributed by atoms with Crippen LogP contribution in [0.15, 0.2) is 30.3 Å². The summed E-state index contributed by atoms with van der Waals surface area (Å²) in [6.45, 7) is 2.50. The van der Waals surface area contributed by atoms with Gasteiger partial charge in [-0.1, -0.05) is 68.9 Å². The van der Waals surface area contributed by atoms with Crippen molar-refractivity contribution in [2.45, 2.75) is 57.4 Å². The lowest BCUT2D eigenvalue weighted by atomic mass is 9.92. The molecule has 0 aliphatic heterocycles. The maximum absolute atomic E-state index is 12.2. The Hall–Kier alpha value is -1.06. The van der Waals surface area contributed by atoms with Crippen molar-refractivity contribution in [2.24, 2.45) is 11.7 Å². The molecule has 1 aromatic carbocycles. The minimum absolute atomic E-state index is 0. The largest absolute Gasteiger partial charge is 0.354 e. The van der Waals surface area contributed by atoms with E-state index in [9.17, 15) is 4.79 Å². The zero-order chi connectivity index (χ0) is 15.1. The molecule has 1 atom stereocenters. The first-order valence-corrected chi connectivity index (χ1v) is 8.23. The van der Waals surface area contributed by atoms with Crippen LogP contribution in [0.4, 0.5) is 0 Å². The molecule has 1 fully saturated rings. The van der Waals surface area contributed by atoms with Crippen molar-refractivity contribution >= 4 is 18.3 Å². The van der Waals surface area contributed by atoms with E-state index in [1.807, 2.05) is 30.3 Å². The second-order valence-corrected chi connectivity index (χ2v) is 6.47. The number of hydrogen-bond donors (Lipinski definition) is 2. The van der Waals surface area contributed by atoms with Gasteiger partial charge in [-0.3, -0.25) is 4.79 Å². The molecule has 1 unspecified atom stereocenters. The second-order valence-electron chi connectivity index (χ2n) is 6.47. The predicted octanol–water partition coefficient (Wildman–Crippen LogP) is 3.76. The monoisotopic (exact) mass is 324 g/mol. The van der Waals surface area contributed by atoms with Crippen molar-refractivity contribution in [3.05, 3.63) is 35.9 Å². The smallest absolute Gasteiger partial charge is 0.244 e. The van der Waals surface area contributed by atoms with Gasteiger partial charge in [0, 0.05) is 6.54 Å². The fourth-order valence-electron chi connectivity index (χ4n) is 3.16. The first-order valence-electron chi connectivity index (χ1n) is 8.23. The van der Waals surface area contributed by atoms with Crippen molar-refractivity contribution in [3.8, 4) is 0 Å². The van der Waals surface area contributed by atoms with Gasteiger partial charge in [-0.2, -0.15) is 0 Å². The Kier molecular flexibility index (Phi) is 7.91. The van der Waals surface area contributed by atoms with Crippen LogP contribution in [0, 0.1) is 5.92 Å². The topological polar surface area (TPSA) is 55.1 Å². The zero-order valence-corrected chi connectivity index (χ0v) is 14.3. The van der Waals surface area contributed by atoms with Gasteiger partial charge in [-0.25, -0.2) is 0 Å². The average molecular weight is 325 g/mol. The summed E-state index contributed by atoms with van der Waals surface area (Å²) in [6.07, 6.45) is 9.19. The fraction of sp³-hybridized carbons (Fsp3) is 0.611. The number of nitrogens with two attached hydrogens (primary N) is 1. The molecule has 2 rings (SSSR count). The Morgan fingerprint density at radius 1 is 1.23 bits per heavy atom. The molecule has 1 aliphatic carbocycles. The molecule has 4 heteroatoms. The van der Waals surface area contributed by atoms with E-state index in [1.54, 1.807) is 6.92 Å². The number of hydrogen-bond acceptors (Lipinski definition) is 2. The van der Waals surface area contributed by atoms with E-state index in [0.29, 0.717) is 0 Å². The van der Waals surface area contributed by atoms with Gasteiger partial charge in [-0.05, 0) is 24.8 Å². The molecule has 1 aliphatic rings. The van der Waals surface area contributed by atoms with Crippen LogP contribution in [0.3, 0.4) is 0 Å². The van der Waals surface area contributed by atoms with Gasteiger partial charge < -0.3 is 11.1 Å². The Morgan fingerprint density at radius 2 is 1.86 bits per heavy atom. The molecule has 3 nitrogen and oxygen atoms in total. The molecular formula is C18H29ClN2O. The molecule has 1 amide bonds. The molecule has 22 heavy (non-hydrogen) atoms. The van der Waals surface area contributed by atoms with Crippen molar-refractivity contribution in [1.29, 1.82) is 0 Å². The van der Waals surface area contributed by atoms with E-state index < -0.39 is 5.54 Å². The number of amides is 1. The van der Waals surface area contributed by atoms with Crippen molar-refractivity contribution < 1.29 is 4.79 Å². The molecule has 0 spiro atoms. The third-order valence-electron chi connectivity index (χ3n) is 4.64. The Labute approximate surface area is 140 Å². The van der Waals surface area contributed by atoms with E-state index in [0.717, 1.165) is 24.4 Å². The molecule has 0 aromatic heterocycles. The highest BCUT2D eigenvalue weighted by Gasteiger charge is 2.29. The van der Waals surface area contributed by atoms with E-state index in [-0.39, 0.29) is 18.3 Å². The molecule has 3 N–H and O–H groups in total. The Balaban J connectivity index is 0.00000242. The summed E-state index contributed by atoms with van der Waals surface area (Å²) >= 11 is 0. The number of benzene rings is 1.